The Morgan fingerprint density at radius 1 is 1.36 bits per heavy atom. The summed E-state index contributed by atoms with van der Waals surface area (Å²) in [6.45, 7) is 15.4. The number of rotatable bonds is 9. The maximum Gasteiger partial charge on any atom is 0.141 e. The predicted molar refractivity (Wildman–Crippen MR) is 116 cm³/mol. The van der Waals surface area contributed by atoms with Crippen molar-refractivity contribution in [2.45, 2.75) is 13.0 Å². The molecule has 0 aliphatic carbocycles. The number of pyridine rings is 1. The average molecular weight is 404 g/mol. The topological polar surface area (TPSA) is 79.6 Å². The number of piperazine rings is 1. The van der Waals surface area contributed by atoms with Gasteiger partial charge in [0.05, 0.1) is 18.6 Å². The molecule has 1 aliphatic heterocycles. The number of nitrogens with one attached hydrogen (secondary N) is 1. The highest BCUT2D eigenvalue weighted by Crippen LogP contribution is 2.35. The van der Waals surface area contributed by atoms with Crippen LogP contribution in [0.3, 0.4) is 0 Å². The van der Waals surface area contributed by atoms with Gasteiger partial charge in [0.2, 0.25) is 0 Å². The van der Waals surface area contributed by atoms with Gasteiger partial charge in [0.25, 0.3) is 0 Å². The lowest BCUT2D eigenvalue weighted by molar-refractivity contribution is 0.106. The predicted octanol–water partition coefficient (Wildman–Crippen LogP) is 2.29. The summed E-state index contributed by atoms with van der Waals surface area (Å²) in [7, 11) is 0. The Morgan fingerprint density at radius 3 is 2.93 bits per heavy atom. The molecule has 2 aromatic rings. The second-order valence-electron chi connectivity index (χ2n) is 6.86. The summed E-state index contributed by atoms with van der Waals surface area (Å²) in [4.78, 5) is 9.91. The van der Waals surface area contributed by atoms with Gasteiger partial charge in [-0.3, -0.25) is 0 Å². The van der Waals surface area contributed by atoms with Crippen LogP contribution in [0.2, 0.25) is 0 Å². The molecule has 1 aliphatic rings. The molecule has 28 heavy (non-hydrogen) atoms. The lowest BCUT2D eigenvalue weighted by Crippen LogP contribution is -2.48. The van der Waals surface area contributed by atoms with Gasteiger partial charge in [-0.2, -0.15) is 0 Å². The van der Waals surface area contributed by atoms with Gasteiger partial charge < -0.3 is 25.1 Å². The number of H-pyrrole nitrogens is 1. The van der Waals surface area contributed by atoms with Gasteiger partial charge >= 0.3 is 0 Å². The summed E-state index contributed by atoms with van der Waals surface area (Å²) in [6, 6.07) is 2.18. The normalized spacial score (nSPS) is 17.8. The molecule has 2 aromatic heterocycles. The molecule has 0 radical (unpaired) electrons. The molecule has 0 spiro atoms. The van der Waals surface area contributed by atoms with Crippen LogP contribution in [0.15, 0.2) is 37.3 Å². The van der Waals surface area contributed by atoms with Crippen molar-refractivity contribution in [3.05, 3.63) is 42.9 Å². The van der Waals surface area contributed by atoms with Crippen molar-refractivity contribution < 1.29 is 9.47 Å². The fraction of sp³-hybridized carbons (Fsp3) is 0.450. The van der Waals surface area contributed by atoms with E-state index in [1.807, 2.05) is 16.6 Å². The first-order chi connectivity index (χ1) is 13.5. The molecule has 1 fully saturated rings. The minimum absolute atomic E-state index is 0.314. The molecule has 1 unspecified atom stereocenters. The molecule has 0 amide bonds. The Hall–Kier alpha value is -2.00. The maximum atomic E-state index is 5.95. The molecule has 1 atom stereocenters. The van der Waals surface area contributed by atoms with Crippen LogP contribution in [0.4, 0.5) is 0 Å². The van der Waals surface area contributed by atoms with E-state index in [9.17, 15) is 0 Å². The molecule has 7 nitrogen and oxygen atoms in total. The largest absolute Gasteiger partial charge is 0.490 e. The van der Waals surface area contributed by atoms with E-state index in [-0.39, 0.29) is 0 Å². The fourth-order valence-corrected chi connectivity index (χ4v) is 3.77. The van der Waals surface area contributed by atoms with E-state index >= 15 is 0 Å². The first-order valence-corrected chi connectivity index (χ1v) is 9.88. The van der Waals surface area contributed by atoms with Crippen molar-refractivity contribution in [2.75, 3.05) is 46.0 Å². The first kappa shape index (κ1) is 20.7. The van der Waals surface area contributed by atoms with E-state index in [0.717, 1.165) is 53.3 Å². The van der Waals surface area contributed by atoms with Crippen molar-refractivity contribution in [3.8, 4) is 5.75 Å². The maximum absolute atomic E-state index is 5.95. The average Bonchev–Trinajstić information content (AvgIpc) is 3.11. The number of allylic oxidation sites excluding steroid dienone is 1. The monoisotopic (exact) mass is 403 g/mol. The summed E-state index contributed by atoms with van der Waals surface area (Å²) in [5.41, 5.74) is 8.92. The standard InChI is InChI=1S/C20H29N5O2S/c1-14-13-24(28)7-8-25(14)16(3)15(2)17-12-23-20-19(17)18(4-6-22-20)27-11-10-26-9-5-21/h4,6,12,14,28H,2-3,5,7-11,13,21H2,1H3,(H,22,23). The number of nitrogens with two attached hydrogens (primary N) is 1. The molecular formula is C20H29N5O2S. The molecule has 3 heterocycles. The molecular weight excluding hydrogens is 374 g/mol. The first-order valence-electron chi connectivity index (χ1n) is 9.48. The van der Waals surface area contributed by atoms with Gasteiger partial charge in [0.1, 0.15) is 18.0 Å². The van der Waals surface area contributed by atoms with Crippen molar-refractivity contribution in [2.24, 2.45) is 5.73 Å². The molecule has 152 valence electrons. The Morgan fingerprint density at radius 2 is 2.18 bits per heavy atom. The van der Waals surface area contributed by atoms with Gasteiger partial charge in [-0.25, -0.2) is 9.29 Å². The minimum atomic E-state index is 0.314. The van der Waals surface area contributed by atoms with Gasteiger partial charge in [0, 0.05) is 55.9 Å². The number of aromatic nitrogens is 2. The van der Waals surface area contributed by atoms with Gasteiger partial charge in [0.15, 0.2) is 0 Å². The number of hydrogen-bond donors (Lipinski definition) is 3. The van der Waals surface area contributed by atoms with Crippen LogP contribution in [0, 0.1) is 0 Å². The Balaban J connectivity index is 1.78. The molecule has 8 heteroatoms. The summed E-state index contributed by atoms with van der Waals surface area (Å²) in [5.74, 6) is 0.750. The van der Waals surface area contributed by atoms with Gasteiger partial charge in [-0.15, -0.1) is 0 Å². The van der Waals surface area contributed by atoms with E-state index < -0.39 is 0 Å². The fourth-order valence-electron chi connectivity index (χ4n) is 3.45. The smallest absolute Gasteiger partial charge is 0.141 e. The lowest BCUT2D eigenvalue weighted by Gasteiger charge is -2.40. The summed E-state index contributed by atoms with van der Waals surface area (Å²) >= 11 is 4.46. The highest BCUT2D eigenvalue weighted by Gasteiger charge is 2.25. The number of fused-ring (bicyclic) bond motifs is 1. The third-order valence-electron chi connectivity index (χ3n) is 4.91. The number of hydrogen-bond acceptors (Lipinski definition) is 7. The van der Waals surface area contributed by atoms with E-state index in [0.29, 0.717) is 32.4 Å². The summed E-state index contributed by atoms with van der Waals surface area (Å²) in [6.07, 6.45) is 3.65. The molecule has 3 rings (SSSR count). The zero-order chi connectivity index (χ0) is 20.1. The molecule has 1 saturated heterocycles. The third-order valence-corrected chi connectivity index (χ3v) is 5.27. The lowest BCUT2D eigenvalue weighted by atomic mass is 10.0. The van der Waals surface area contributed by atoms with Crippen molar-refractivity contribution in [1.29, 1.82) is 0 Å². The van der Waals surface area contributed by atoms with Crippen LogP contribution < -0.4 is 10.5 Å². The quantitative estimate of drug-likeness (QED) is 0.339. The zero-order valence-corrected chi connectivity index (χ0v) is 17.3. The van der Waals surface area contributed by atoms with E-state index in [1.165, 1.54) is 0 Å². The van der Waals surface area contributed by atoms with Crippen LogP contribution in [0.1, 0.15) is 12.5 Å². The van der Waals surface area contributed by atoms with Crippen LogP contribution >= 0.6 is 12.8 Å². The number of thiol groups is 1. The van der Waals surface area contributed by atoms with Gasteiger partial charge in [-0.05, 0) is 18.6 Å². The second-order valence-corrected chi connectivity index (χ2v) is 7.43. The van der Waals surface area contributed by atoms with Crippen molar-refractivity contribution in [1.82, 2.24) is 19.2 Å². The zero-order valence-electron chi connectivity index (χ0n) is 16.4. The van der Waals surface area contributed by atoms with Crippen molar-refractivity contribution >= 4 is 29.4 Å². The van der Waals surface area contributed by atoms with Crippen LogP contribution in [0.5, 0.6) is 5.75 Å². The van der Waals surface area contributed by atoms with Crippen LogP contribution in [0.25, 0.3) is 16.6 Å². The third kappa shape index (κ3) is 4.52. The van der Waals surface area contributed by atoms with Crippen molar-refractivity contribution in [3.63, 3.8) is 0 Å². The van der Waals surface area contributed by atoms with Crippen LogP contribution in [-0.2, 0) is 4.74 Å². The van der Waals surface area contributed by atoms with E-state index in [2.05, 4.69) is 47.8 Å². The van der Waals surface area contributed by atoms with Crippen LogP contribution in [-0.4, -0.2) is 71.2 Å². The van der Waals surface area contributed by atoms with Gasteiger partial charge in [-0.1, -0.05) is 26.0 Å². The molecule has 0 aromatic carbocycles. The van der Waals surface area contributed by atoms with E-state index in [4.69, 9.17) is 15.2 Å². The highest BCUT2D eigenvalue weighted by molar-refractivity contribution is 7.77. The Labute approximate surface area is 171 Å². The molecule has 0 saturated carbocycles. The van der Waals surface area contributed by atoms with E-state index in [1.54, 1.807) is 6.20 Å². The number of ether oxygens (including phenoxy) is 2. The second kappa shape index (κ2) is 9.47. The molecule has 0 bridgehead atoms. The SMILES string of the molecule is C=C(C(=C)N1CCN(S)CC1C)c1c[nH]c2nccc(OCCOCCN)c12. The highest BCUT2D eigenvalue weighted by atomic mass is 32.1. The minimum Gasteiger partial charge on any atom is -0.490 e. The number of nitrogens with zero attached hydrogens (tertiary/aromatic N) is 3. The molecule has 3 N–H and O–H groups in total. The summed E-state index contributed by atoms with van der Waals surface area (Å²) < 4.78 is 13.4. The number of aromatic amines is 1. The summed E-state index contributed by atoms with van der Waals surface area (Å²) in [5, 5.41) is 0.910. The Kier molecular flexibility index (Phi) is 7.01. The Bertz CT molecular complexity index is 837.